The molecule has 1 rings (SSSR count). The highest BCUT2D eigenvalue weighted by Crippen LogP contribution is 2.20. The van der Waals surface area contributed by atoms with Gasteiger partial charge in [-0.05, 0) is 13.0 Å². The van der Waals surface area contributed by atoms with Crippen molar-refractivity contribution < 1.29 is 0 Å². The van der Waals surface area contributed by atoms with Gasteiger partial charge in [-0.1, -0.05) is 6.92 Å². The van der Waals surface area contributed by atoms with E-state index in [0.29, 0.717) is 5.92 Å². The molecule has 0 amide bonds. The van der Waals surface area contributed by atoms with E-state index in [1.165, 1.54) is 0 Å². The van der Waals surface area contributed by atoms with Crippen LogP contribution in [0.1, 0.15) is 25.5 Å². The Morgan fingerprint density at radius 3 is 2.55 bits per heavy atom. The van der Waals surface area contributed by atoms with Gasteiger partial charge in [0.1, 0.15) is 0 Å². The Hall–Kier alpha value is -0.500. The van der Waals surface area contributed by atoms with Crippen LogP contribution in [0.2, 0.25) is 0 Å². The van der Waals surface area contributed by atoms with Crippen molar-refractivity contribution in [3.63, 3.8) is 0 Å². The summed E-state index contributed by atoms with van der Waals surface area (Å²) in [4.78, 5) is 0. The average molecular weight is 173 g/mol. The van der Waals surface area contributed by atoms with Crippen molar-refractivity contribution in [1.82, 2.24) is 9.78 Å². The van der Waals surface area contributed by atoms with Gasteiger partial charge in [-0.15, -0.1) is 11.6 Å². The van der Waals surface area contributed by atoms with Crippen LogP contribution in [0, 0.1) is 0 Å². The highest BCUT2D eigenvalue weighted by atomic mass is 35.5. The number of hydrogen-bond donors (Lipinski definition) is 0. The normalized spacial score (nSPS) is 16.4. The van der Waals surface area contributed by atoms with E-state index < -0.39 is 0 Å². The molecule has 3 heteroatoms. The predicted molar refractivity (Wildman–Crippen MR) is 46.9 cm³/mol. The van der Waals surface area contributed by atoms with Crippen molar-refractivity contribution in [1.29, 1.82) is 0 Å². The van der Waals surface area contributed by atoms with Gasteiger partial charge in [-0.25, -0.2) is 0 Å². The Morgan fingerprint density at radius 1 is 1.55 bits per heavy atom. The molecule has 2 nitrogen and oxygen atoms in total. The second-order valence-corrected chi connectivity index (χ2v) is 3.57. The van der Waals surface area contributed by atoms with Gasteiger partial charge in [0.05, 0.1) is 5.69 Å². The quantitative estimate of drug-likeness (QED) is 0.626. The molecule has 0 aliphatic carbocycles. The molecule has 1 aromatic rings. The highest BCUT2D eigenvalue weighted by Gasteiger charge is 2.13. The molecule has 0 radical (unpaired) electrons. The first-order chi connectivity index (χ1) is 5.11. The predicted octanol–water partition coefficient (Wildman–Crippen LogP) is 2.15. The van der Waals surface area contributed by atoms with E-state index in [4.69, 9.17) is 11.6 Å². The van der Waals surface area contributed by atoms with Crippen molar-refractivity contribution in [3.05, 3.63) is 18.0 Å². The summed E-state index contributed by atoms with van der Waals surface area (Å²) in [5, 5.41) is 4.41. The first-order valence-corrected chi connectivity index (χ1v) is 4.18. The molecule has 0 bridgehead atoms. The zero-order chi connectivity index (χ0) is 8.43. The van der Waals surface area contributed by atoms with Crippen molar-refractivity contribution >= 4 is 11.6 Å². The third-order valence-electron chi connectivity index (χ3n) is 1.89. The molecular weight excluding hydrogens is 160 g/mol. The Labute approximate surface area is 72.2 Å². The largest absolute Gasteiger partial charge is 0.276 e. The van der Waals surface area contributed by atoms with Crippen LogP contribution < -0.4 is 0 Å². The minimum Gasteiger partial charge on any atom is -0.276 e. The standard InChI is InChI=1S/C8H13ClN2/c1-6(7(2)9)8-4-5-11(3)10-8/h4-7H,1-3H3. The lowest BCUT2D eigenvalue weighted by Gasteiger charge is -2.09. The van der Waals surface area contributed by atoms with Gasteiger partial charge in [0.2, 0.25) is 0 Å². The Kier molecular flexibility index (Phi) is 2.55. The van der Waals surface area contributed by atoms with Gasteiger partial charge in [-0.2, -0.15) is 5.10 Å². The fraction of sp³-hybridized carbons (Fsp3) is 0.625. The second-order valence-electron chi connectivity index (χ2n) is 2.88. The van der Waals surface area contributed by atoms with Gasteiger partial charge in [-0.3, -0.25) is 4.68 Å². The van der Waals surface area contributed by atoms with Gasteiger partial charge < -0.3 is 0 Å². The summed E-state index contributed by atoms with van der Waals surface area (Å²) in [7, 11) is 1.91. The molecule has 2 atom stereocenters. The number of hydrogen-bond acceptors (Lipinski definition) is 1. The third kappa shape index (κ3) is 1.96. The van der Waals surface area contributed by atoms with E-state index in [2.05, 4.69) is 12.0 Å². The third-order valence-corrected chi connectivity index (χ3v) is 2.27. The van der Waals surface area contributed by atoms with Crippen LogP contribution in [0.15, 0.2) is 12.3 Å². The molecule has 0 aliphatic heterocycles. The highest BCUT2D eigenvalue weighted by molar-refractivity contribution is 6.20. The first kappa shape index (κ1) is 8.60. The van der Waals surface area contributed by atoms with Gasteiger partial charge >= 0.3 is 0 Å². The van der Waals surface area contributed by atoms with Crippen molar-refractivity contribution in [2.45, 2.75) is 25.1 Å². The van der Waals surface area contributed by atoms with E-state index >= 15 is 0 Å². The summed E-state index contributed by atoms with van der Waals surface area (Å²) >= 11 is 5.92. The molecule has 11 heavy (non-hydrogen) atoms. The van der Waals surface area contributed by atoms with Crippen LogP contribution in [0.5, 0.6) is 0 Å². The summed E-state index contributed by atoms with van der Waals surface area (Å²) in [5.41, 5.74) is 1.06. The molecule has 1 heterocycles. The van der Waals surface area contributed by atoms with E-state index in [9.17, 15) is 0 Å². The molecule has 0 fully saturated rings. The maximum atomic E-state index is 5.92. The molecule has 0 aliphatic rings. The summed E-state index contributed by atoms with van der Waals surface area (Å²) in [6.45, 7) is 4.07. The molecule has 0 saturated heterocycles. The lowest BCUT2D eigenvalue weighted by molar-refractivity contribution is 0.670. The number of halogens is 1. The van der Waals surface area contributed by atoms with Crippen LogP contribution in [0.4, 0.5) is 0 Å². The monoisotopic (exact) mass is 172 g/mol. The molecule has 0 spiro atoms. The minimum absolute atomic E-state index is 0.143. The van der Waals surface area contributed by atoms with Crippen LogP contribution in [0.25, 0.3) is 0 Å². The summed E-state index contributed by atoms with van der Waals surface area (Å²) in [6, 6.07) is 2.00. The summed E-state index contributed by atoms with van der Waals surface area (Å²) in [5.74, 6) is 0.331. The van der Waals surface area contributed by atoms with Crippen molar-refractivity contribution in [2.75, 3.05) is 0 Å². The lowest BCUT2D eigenvalue weighted by Crippen LogP contribution is -2.06. The minimum atomic E-state index is 0.143. The van der Waals surface area contributed by atoms with E-state index in [1.54, 1.807) is 4.68 Å². The number of alkyl halides is 1. The lowest BCUT2D eigenvalue weighted by atomic mass is 10.1. The fourth-order valence-corrected chi connectivity index (χ4v) is 1.04. The zero-order valence-corrected chi connectivity index (χ0v) is 7.84. The van der Waals surface area contributed by atoms with Crippen molar-refractivity contribution in [3.8, 4) is 0 Å². The topological polar surface area (TPSA) is 17.8 Å². The number of rotatable bonds is 2. The molecule has 1 aromatic heterocycles. The maximum absolute atomic E-state index is 5.92. The Balaban J connectivity index is 2.76. The molecule has 0 saturated carbocycles. The van der Waals surface area contributed by atoms with E-state index in [1.807, 2.05) is 26.2 Å². The van der Waals surface area contributed by atoms with E-state index in [0.717, 1.165) is 5.69 Å². The fourth-order valence-electron chi connectivity index (χ4n) is 0.911. The number of aromatic nitrogens is 2. The average Bonchev–Trinajstić information content (AvgIpc) is 2.34. The summed E-state index contributed by atoms with van der Waals surface area (Å²) in [6.07, 6.45) is 1.94. The number of nitrogens with zero attached hydrogens (tertiary/aromatic N) is 2. The van der Waals surface area contributed by atoms with Crippen LogP contribution >= 0.6 is 11.6 Å². The molecule has 2 unspecified atom stereocenters. The first-order valence-electron chi connectivity index (χ1n) is 3.75. The Bertz CT molecular complexity index is 230. The molecule has 62 valence electrons. The van der Waals surface area contributed by atoms with Gasteiger partial charge in [0.15, 0.2) is 0 Å². The summed E-state index contributed by atoms with van der Waals surface area (Å²) < 4.78 is 1.80. The van der Waals surface area contributed by atoms with Crippen LogP contribution in [-0.4, -0.2) is 15.2 Å². The second kappa shape index (κ2) is 3.26. The molecule has 0 aromatic carbocycles. The van der Waals surface area contributed by atoms with E-state index in [-0.39, 0.29) is 5.38 Å². The van der Waals surface area contributed by atoms with Crippen molar-refractivity contribution in [2.24, 2.45) is 7.05 Å². The zero-order valence-electron chi connectivity index (χ0n) is 7.08. The van der Waals surface area contributed by atoms with Crippen LogP contribution in [-0.2, 0) is 7.05 Å². The molecular formula is C8H13ClN2. The molecule has 0 N–H and O–H groups in total. The maximum Gasteiger partial charge on any atom is 0.0667 e. The number of aryl methyl sites for hydroxylation is 1. The van der Waals surface area contributed by atoms with Crippen LogP contribution in [0.3, 0.4) is 0 Å². The smallest absolute Gasteiger partial charge is 0.0667 e. The SMILES string of the molecule is CC(Cl)C(C)c1ccn(C)n1. The Morgan fingerprint density at radius 2 is 2.18 bits per heavy atom. The van der Waals surface area contributed by atoms with Gasteiger partial charge in [0.25, 0.3) is 0 Å². The van der Waals surface area contributed by atoms with Gasteiger partial charge in [0, 0.05) is 24.5 Å².